The lowest BCUT2D eigenvalue weighted by Crippen LogP contribution is -2.33. The number of rotatable bonds is 8. The van der Waals surface area contributed by atoms with Crippen LogP contribution in [0.1, 0.15) is 12.5 Å². The van der Waals surface area contributed by atoms with Gasteiger partial charge in [0.15, 0.2) is 0 Å². The number of benzene rings is 3. The van der Waals surface area contributed by atoms with Crippen molar-refractivity contribution < 1.29 is 19.1 Å². The fourth-order valence-corrected chi connectivity index (χ4v) is 4.11. The topological polar surface area (TPSA) is 88.7 Å². The number of ether oxygens (including phenoxy) is 2. The van der Waals surface area contributed by atoms with E-state index < -0.39 is 5.92 Å². The second kappa shape index (κ2) is 11.8. The minimum Gasteiger partial charge on any atom is -0.495 e. The van der Waals surface area contributed by atoms with Gasteiger partial charge in [0, 0.05) is 29.0 Å². The molecule has 0 saturated heterocycles. The summed E-state index contributed by atoms with van der Waals surface area (Å²) in [5.74, 6) is -0.232. The van der Waals surface area contributed by atoms with Crippen LogP contribution >= 0.6 is 0 Å². The number of carbonyl (C=O) groups excluding carboxylic acids is 2. The number of para-hydroxylation sites is 4. The van der Waals surface area contributed by atoms with Gasteiger partial charge in [0.05, 0.1) is 25.6 Å². The van der Waals surface area contributed by atoms with Gasteiger partial charge in [-0.2, -0.15) is 0 Å². The maximum Gasteiger partial charge on any atom is 0.254 e. The molecular weight excluding hydrogens is 466 g/mol. The van der Waals surface area contributed by atoms with Gasteiger partial charge in [0.2, 0.25) is 0 Å². The van der Waals surface area contributed by atoms with Crippen molar-refractivity contribution in [2.45, 2.75) is 6.92 Å². The number of anilines is 2. The molecule has 0 fully saturated rings. The summed E-state index contributed by atoms with van der Waals surface area (Å²) in [6.07, 6.45) is 5.41. The van der Waals surface area contributed by atoms with E-state index >= 15 is 0 Å². The zero-order valence-corrected chi connectivity index (χ0v) is 20.9. The molecule has 1 unspecified atom stereocenters. The van der Waals surface area contributed by atoms with Crippen molar-refractivity contribution in [3.63, 3.8) is 0 Å². The van der Waals surface area contributed by atoms with Crippen molar-refractivity contribution >= 4 is 29.3 Å². The van der Waals surface area contributed by atoms with Crippen LogP contribution < -0.4 is 25.4 Å². The molecule has 0 radical (unpaired) electrons. The Morgan fingerprint density at radius 2 is 1.32 bits per heavy atom. The van der Waals surface area contributed by atoms with Crippen LogP contribution in [0.3, 0.4) is 0 Å². The third kappa shape index (κ3) is 5.90. The molecule has 0 bridgehead atoms. The molecule has 0 spiro atoms. The maximum absolute atomic E-state index is 13.6. The molecule has 1 atom stereocenters. The highest BCUT2D eigenvalue weighted by atomic mass is 16.5. The van der Waals surface area contributed by atoms with Gasteiger partial charge in [0.1, 0.15) is 11.5 Å². The van der Waals surface area contributed by atoms with Crippen LogP contribution in [0.4, 0.5) is 11.4 Å². The molecule has 3 aromatic carbocycles. The Balaban J connectivity index is 1.69. The summed E-state index contributed by atoms with van der Waals surface area (Å²) >= 11 is 0. The van der Waals surface area contributed by atoms with E-state index in [9.17, 15) is 9.59 Å². The molecule has 3 N–H and O–H groups in total. The van der Waals surface area contributed by atoms with Crippen LogP contribution in [-0.4, -0.2) is 26.0 Å². The summed E-state index contributed by atoms with van der Waals surface area (Å²) in [5.41, 5.74) is 3.47. The van der Waals surface area contributed by atoms with E-state index in [0.29, 0.717) is 39.7 Å². The summed E-state index contributed by atoms with van der Waals surface area (Å²) in [5, 5.41) is 8.96. The highest BCUT2D eigenvalue weighted by Gasteiger charge is 2.32. The zero-order valence-electron chi connectivity index (χ0n) is 20.9. The van der Waals surface area contributed by atoms with Gasteiger partial charge in [0.25, 0.3) is 11.8 Å². The third-order valence-corrected chi connectivity index (χ3v) is 5.99. The maximum atomic E-state index is 13.6. The van der Waals surface area contributed by atoms with E-state index in [1.54, 1.807) is 44.7 Å². The second-order valence-corrected chi connectivity index (χ2v) is 8.34. The van der Waals surface area contributed by atoms with Gasteiger partial charge < -0.3 is 25.4 Å². The van der Waals surface area contributed by atoms with Crippen LogP contribution in [0.15, 0.2) is 108 Å². The first kappa shape index (κ1) is 25.3. The van der Waals surface area contributed by atoms with E-state index in [4.69, 9.17) is 9.47 Å². The van der Waals surface area contributed by atoms with Gasteiger partial charge in [-0.05, 0) is 36.8 Å². The first-order chi connectivity index (χ1) is 18.0. The SMILES string of the molecule is COc1ccccc1NC(=O)C1=CNC(C)=C(C(=O)Nc2ccccc2OC)C1C=Cc1ccccc1. The Bertz CT molecular complexity index is 1380. The molecule has 7 nitrogen and oxygen atoms in total. The molecule has 0 saturated carbocycles. The fourth-order valence-electron chi connectivity index (χ4n) is 4.11. The predicted molar refractivity (Wildman–Crippen MR) is 146 cm³/mol. The average molecular weight is 496 g/mol. The summed E-state index contributed by atoms with van der Waals surface area (Å²) < 4.78 is 10.8. The van der Waals surface area contributed by atoms with Gasteiger partial charge in [-0.25, -0.2) is 0 Å². The molecule has 0 aliphatic carbocycles. The minimum atomic E-state index is -0.620. The van der Waals surface area contributed by atoms with Crippen LogP contribution in [0.5, 0.6) is 11.5 Å². The Labute approximate surface area is 216 Å². The molecule has 3 aromatic rings. The quantitative estimate of drug-likeness (QED) is 0.391. The van der Waals surface area contributed by atoms with Crippen molar-refractivity contribution in [1.29, 1.82) is 0 Å². The number of hydrogen-bond donors (Lipinski definition) is 3. The van der Waals surface area contributed by atoms with Crippen molar-refractivity contribution in [3.05, 3.63) is 114 Å². The smallest absolute Gasteiger partial charge is 0.254 e. The average Bonchev–Trinajstić information content (AvgIpc) is 2.92. The van der Waals surface area contributed by atoms with Crippen LogP contribution in [-0.2, 0) is 9.59 Å². The Hall–Kier alpha value is -4.78. The fraction of sp³-hybridized carbons (Fsp3) is 0.133. The number of methoxy groups -OCH3 is 2. The van der Waals surface area contributed by atoms with Gasteiger partial charge >= 0.3 is 0 Å². The lowest BCUT2D eigenvalue weighted by Gasteiger charge is -2.27. The molecule has 37 heavy (non-hydrogen) atoms. The molecule has 1 heterocycles. The monoisotopic (exact) mass is 495 g/mol. The van der Waals surface area contributed by atoms with E-state index in [1.807, 2.05) is 73.7 Å². The van der Waals surface area contributed by atoms with Crippen molar-refractivity contribution in [2.24, 2.45) is 5.92 Å². The summed E-state index contributed by atoms with van der Waals surface area (Å²) in [4.78, 5) is 27.1. The van der Waals surface area contributed by atoms with Crippen LogP contribution in [0.25, 0.3) is 6.08 Å². The number of dihydropyridines is 1. The normalized spacial score (nSPS) is 15.0. The number of nitrogens with one attached hydrogen (secondary N) is 3. The standard InChI is InChI=1S/C30H29N3O4/c1-20-28(30(35)33-25-14-8-10-16-27(25)37-3)22(18-17-21-11-5-4-6-12-21)23(19-31-20)29(34)32-24-13-7-9-15-26(24)36-2/h4-19,22,31H,1-3H3,(H,32,34)(H,33,35). The number of carbonyl (C=O) groups is 2. The van der Waals surface area contributed by atoms with E-state index in [1.165, 1.54) is 0 Å². The number of hydrogen-bond acceptors (Lipinski definition) is 5. The molecule has 1 aliphatic rings. The molecule has 188 valence electrons. The molecule has 2 amide bonds. The van der Waals surface area contributed by atoms with E-state index in [0.717, 1.165) is 5.56 Å². The molecule has 4 rings (SSSR count). The molecule has 0 aromatic heterocycles. The summed E-state index contributed by atoms with van der Waals surface area (Å²) in [6, 6.07) is 24.1. The van der Waals surface area contributed by atoms with Crippen LogP contribution in [0, 0.1) is 5.92 Å². The molecule has 1 aliphatic heterocycles. The third-order valence-electron chi connectivity index (χ3n) is 5.99. The van der Waals surface area contributed by atoms with E-state index in [2.05, 4.69) is 16.0 Å². The first-order valence-corrected chi connectivity index (χ1v) is 11.8. The first-order valence-electron chi connectivity index (χ1n) is 11.8. The van der Waals surface area contributed by atoms with Crippen molar-refractivity contribution in [2.75, 3.05) is 24.9 Å². The lowest BCUT2D eigenvalue weighted by atomic mass is 9.85. The number of amides is 2. The van der Waals surface area contributed by atoms with Crippen molar-refractivity contribution in [1.82, 2.24) is 5.32 Å². The second-order valence-electron chi connectivity index (χ2n) is 8.34. The van der Waals surface area contributed by atoms with Crippen LogP contribution in [0.2, 0.25) is 0 Å². The highest BCUT2D eigenvalue weighted by Crippen LogP contribution is 2.33. The van der Waals surface area contributed by atoms with Gasteiger partial charge in [-0.15, -0.1) is 0 Å². The zero-order chi connectivity index (χ0) is 26.2. The number of allylic oxidation sites excluding steroid dienone is 2. The minimum absolute atomic E-state index is 0.340. The Kier molecular flexibility index (Phi) is 8.05. The Morgan fingerprint density at radius 3 is 1.92 bits per heavy atom. The van der Waals surface area contributed by atoms with Gasteiger partial charge in [-0.3, -0.25) is 9.59 Å². The lowest BCUT2D eigenvalue weighted by molar-refractivity contribution is -0.113. The largest absolute Gasteiger partial charge is 0.495 e. The highest BCUT2D eigenvalue weighted by molar-refractivity contribution is 6.11. The summed E-state index contributed by atoms with van der Waals surface area (Å²) in [7, 11) is 3.09. The van der Waals surface area contributed by atoms with Crippen molar-refractivity contribution in [3.8, 4) is 11.5 Å². The molecular formula is C30H29N3O4. The van der Waals surface area contributed by atoms with Gasteiger partial charge in [-0.1, -0.05) is 66.7 Å². The predicted octanol–water partition coefficient (Wildman–Crippen LogP) is 5.37. The van der Waals surface area contributed by atoms with E-state index in [-0.39, 0.29) is 11.8 Å². The Morgan fingerprint density at radius 1 is 0.784 bits per heavy atom. The summed E-state index contributed by atoms with van der Waals surface area (Å²) in [6.45, 7) is 1.81. The molecule has 7 heteroatoms.